The minimum Gasteiger partial charge on any atom is -0.330 e. The van der Waals surface area contributed by atoms with Crippen molar-refractivity contribution in [3.05, 3.63) is 33.6 Å². The molecule has 1 fully saturated rings. The number of hydrogen-bond acceptors (Lipinski definition) is 5. The summed E-state index contributed by atoms with van der Waals surface area (Å²) in [5.74, 6) is -0.909. The quantitative estimate of drug-likeness (QED) is 0.645. The van der Waals surface area contributed by atoms with Crippen LogP contribution in [0.4, 0.5) is 10.1 Å². The molecule has 0 aromatic heterocycles. The highest BCUT2D eigenvalue weighted by Gasteiger charge is 2.39. The predicted molar refractivity (Wildman–Crippen MR) is 85.6 cm³/mol. The van der Waals surface area contributed by atoms with Crippen LogP contribution in [0.1, 0.15) is 18.9 Å². The van der Waals surface area contributed by atoms with E-state index in [2.05, 4.69) is 0 Å². The van der Waals surface area contributed by atoms with E-state index in [1.807, 2.05) is 6.92 Å². The van der Waals surface area contributed by atoms with Crippen LogP contribution in [0.5, 0.6) is 0 Å². The van der Waals surface area contributed by atoms with Gasteiger partial charge in [-0.3, -0.25) is 10.1 Å². The highest BCUT2D eigenvalue weighted by atomic mass is 35.5. The topological polar surface area (TPSA) is 107 Å². The van der Waals surface area contributed by atoms with Gasteiger partial charge in [0.15, 0.2) is 0 Å². The minimum atomic E-state index is -3.98. The molecule has 0 spiro atoms. The second kappa shape index (κ2) is 6.68. The third-order valence-corrected chi connectivity index (χ3v) is 5.96. The van der Waals surface area contributed by atoms with E-state index >= 15 is 0 Å². The Morgan fingerprint density at radius 2 is 2.09 bits per heavy atom. The number of nitro benzene ring substituents is 1. The average molecular weight is 368 g/mol. The van der Waals surface area contributed by atoms with Crippen molar-refractivity contribution < 1.29 is 17.7 Å². The molecule has 0 saturated carbocycles. The van der Waals surface area contributed by atoms with E-state index in [1.54, 1.807) is 0 Å². The first-order valence-corrected chi connectivity index (χ1v) is 8.19. The number of rotatable bonds is 4. The molecule has 1 aromatic rings. The Morgan fingerprint density at radius 3 is 2.57 bits per heavy atom. The van der Waals surface area contributed by atoms with Crippen molar-refractivity contribution >= 4 is 28.1 Å². The molecule has 1 unspecified atom stereocenters. The lowest BCUT2D eigenvalue weighted by Crippen LogP contribution is -2.34. The van der Waals surface area contributed by atoms with Crippen molar-refractivity contribution in [2.24, 2.45) is 11.1 Å². The van der Waals surface area contributed by atoms with Gasteiger partial charge in [-0.25, -0.2) is 12.8 Å². The van der Waals surface area contributed by atoms with Crippen molar-refractivity contribution in [3.8, 4) is 0 Å². The van der Waals surface area contributed by atoms with Gasteiger partial charge in [-0.15, -0.1) is 12.4 Å². The van der Waals surface area contributed by atoms with Crippen LogP contribution in [0.25, 0.3) is 0 Å². The second-order valence-electron chi connectivity index (χ2n) is 5.91. The number of nitro groups is 1. The van der Waals surface area contributed by atoms with Crippen molar-refractivity contribution in [2.45, 2.75) is 25.2 Å². The zero-order valence-corrected chi connectivity index (χ0v) is 14.4. The summed E-state index contributed by atoms with van der Waals surface area (Å²) in [4.78, 5) is 9.75. The average Bonchev–Trinajstić information content (AvgIpc) is 2.85. The molecule has 7 nitrogen and oxygen atoms in total. The Bertz CT molecular complexity index is 728. The Balaban J connectivity index is 0.00000264. The number of benzene rings is 1. The number of sulfonamides is 1. The first-order chi connectivity index (χ1) is 10.1. The van der Waals surface area contributed by atoms with Crippen LogP contribution >= 0.6 is 12.4 Å². The van der Waals surface area contributed by atoms with Crippen LogP contribution in [0, 0.1) is 28.3 Å². The van der Waals surface area contributed by atoms with Crippen molar-refractivity contribution in [1.82, 2.24) is 4.31 Å². The van der Waals surface area contributed by atoms with Gasteiger partial charge in [0.05, 0.1) is 15.4 Å². The zero-order chi connectivity index (χ0) is 16.7. The van der Waals surface area contributed by atoms with Gasteiger partial charge >= 0.3 is 0 Å². The van der Waals surface area contributed by atoms with E-state index in [9.17, 15) is 22.9 Å². The van der Waals surface area contributed by atoms with Crippen molar-refractivity contribution in [1.29, 1.82) is 0 Å². The maximum atomic E-state index is 13.8. The van der Waals surface area contributed by atoms with E-state index in [1.165, 1.54) is 11.2 Å². The van der Waals surface area contributed by atoms with Gasteiger partial charge in [0.2, 0.25) is 10.0 Å². The van der Waals surface area contributed by atoms with Crippen LogP contribution in [0.15, 0.2) is 17.0 Å². The van der Waals surface area contributed by atoms with Crippen LogP contribution < -0.4 is 5.73 Å². The van der Waals surface area contributed by atoms with E-state index in [-0.39, 0.29) is 36.5 Å². The Kier molecular flexibility index (Phi) is 5.74. The van der Waals surface area contributed by atoms with Gasteiger partial charge in [-0.05, 0) is 31.4 Å². The molecule has 0 aliphatic carbocycles. The molecule has 0 amide bonds. The summed E-state index contributed by atoms with van der Waals surface area (Å²) in [7, 11) is -3.98. The Labute approximate surface area is 140 Å². The van der Waals surface area contributed by atoms with Crippen LogP contribution in [-0.4, -0.2) is 37.3 Å². The summed E-state index contributed by atoms with van der Waals surface area (Å²) in [5.41, 5.74) is 4.59. The summed E-state index contributed by atoms with van der Waals surface area (Å²) in [6.45, 7) is 3.93. The van der Waals surface area contributed by atoms with Crippen LogP contribution in [0.3, 0.4) is 0 Å². The fourth-order valence-electron chi connectivity index (χ4n) is 2.48. The molecule has 2 rings (SSSR count). The smallest absolute Gasteiger partial charge is 0.276 e. The number of hydrogen-bond donors (Lipinski definition) is 1. The van der Waals surface area contributed by atoms with Crippen LogP contribution in [-0.2, 0) is 10.0 Å². The fourth-order valence-corrected chi connectivity index (χ4v) is 4.10. The maximum absolute atomic E-state index is 13.8. The zero-order valence-electron chi connectivity index (χ0n) is 12.8. The Hall–Kier alpha value is -1.29. The summed E-state index contributed by atoms with van der Waals surface area (Å²) < 4.78 is 40.2. The molecule has 1 atom stereocenters. The van der Waals surface area contributed by atoms with E-state index < -0.39 is 31.3 Å². The SMILES string of the molecule is Cc1c(F)cc(S(=O)(=O)N2CCC(C)(CN)C2)cc1[N+](=O)[O-].Cl. The Morgan fingerprint density at radius 1 is 1.48 bits per heavy atom. The van der Waals surface area contributed by atoms with Gasteiger partial charge in [0.1, 0.15) is 5.82 Å². The first-order valence-electron chi connectivity index (χ1n) is 6.75. The van der Waals surface area contributed by atoms with Gasteiger partial charge in [-0.2, -0.15) is 4.31 Å². The van der Waals surface area contributed by atoms with E-state index in [0.717, 1.165) is 12.1 Å². The molecule has 1 aromatic carbocycles. The maximum Gasteiger partial charge on any atom is 0.276 e. The molecule has 10 heteroatoms. The minimum absolute atomic E-state index is 0. The molecule has 0 bridgehead atoms. The summed E-state index contributed by atoms with van der Waals surface area (Å²) in [6, 6.07) is 1.74. The highest BCUT2D eigenvalue weighted by molar-refractivity contribution is 7.89. The predicted octanol–water partition coefficient (Wildman–Crippen LogP) is 1.82. The molecule has 1 aliphatic rings. The lowest BCUT2D eigenvalue weighted by atomic mass is 9.90. The molecule has 1 aliphatic heterocycles. The van der Waals surface area contributed by atoms with Gasteiger partial charge in [0.25, 0.3) is 5.69 Å². The molecule has 23 heavy (non-hydrogen) atoms. The van der Waals surface area contributed by atoms with E-state index in [4.69, 9.17) is 5.73 Å². The summed E-state index contributed by atoms with van der Waals surface area (Å²) in [6.07, 6.45) is 0.596. The third kappa shape index (κ3) is 3.63. The standard InChI is InChI=1S/C13H18FN3O4S.ClH/c1-9-11(14)5-10(6-12(9)17(18)19)22(20,21)16-4-3-13(2,7-15)8-16;/h5-6H,3-4,7-8,15H2,1-2H3;1H. The van der Waals surface area contributed by atoms with Crippen molar-refractivity contribution in [3.63, 3.8) is 0 Å². The largest absolute Gasteiger partial charge is 0.330 e. The lowest BCUT2D eigenvalue weighted by Gasteiger charge is -2.22. The normalized spacial score (nSPS) is 21.9. The molecule has 1 heterocycles. The number of nitrogens with zero attached hydrogens (tertiary/aromatic N) is 2. The number of nitrogens with two attached hydrogens (primary N) is 1. The second-order valence-corrected chi connectivity index (χ2v) is 7.85. The molecule has 130 valence electrons. The third-order valence-electron chi connectivity index (χ3n) is 4.14. The van der Waals surface area contributed by atoms with Gasteiger partial charge in [0, 0.05) is 19.2 Å². The highest BCUT2D eigenvalue weighted by Crippen LogP contribution is 2.34. The van der Waals surface area contributed by atoms with Crippen LogP contribution in [0.2, 0.25) is 0 Å². The van der Waals surface area contributed by atoms with E-state index in [0.29, 0.717) is 13.0 Å². The molecular weight excluding hydrogens is 349 g/mol. The number of halogens is 2. The first kappa shape index (κ1) is 19.8. The summed E-state index contributed by atoms with van der Waals surface area (Å²) >= 11 is 0. The molecular formula is C13H19ClFN3O4S. The molecule has 1 saturated heterocycles. The monoisotopic (exact) mass is 367 g/mol. The molecule has 2 N–H and O–H groups in total. The fraction of sp³-hybridized carbons (Fsp3) is 0.538. The van der Waals surface area contributed by atoms with Gasteiger partial charge in [-0.1, -0.05) is 6.92 Å². The summed E-state index contributed by atoms with van der Waals surface area (Å²) in [5, 5.41) is 10.9. The molecule has 0 radical (unpaired) electrons. The van der Waals surface area contributed by atoms with Gasteiger partial charge < -0.3 is 5.73 Å². The van der Waals surface area contributed by atoms with Crippen molar-refractivity contribution in [2.75, 3.05) is 19.6 Å². The lowest BCUT2D eigenvalue weighted by molar-refractivity contribution is -0.385.